The van der Waals surface area contributed by atoms with Crippen LogP contribution in [0.25, 0.3) is 0 Å². The fourth-order valence-electron chi connectivity index (χ4n) is 2.46. The van der Waals surface area contributed by atoms with Gasteiger partial charge in [-0.15, -0.1) is 6.42 Å². The van der Waals surface area contributed by atoms with E-state index in [9.17, 15) is 0 Å². The van der Waals surface area contributed by atoms with Gasteiger partial charge < -0.3 is 10.1 Å². The number of terminal acetylenes is 1. The molecule has 16 heavy (non-hydrogen) atoms. The van der Waals surface area contributed by atoms with Crippen LogP contribution in [0, 0.1) is 12.3 Å². The van der Waals surface area contributed by atoms with Gasteiger partial charge in [-0.1, -0.05) is 5.92 Å². The van der Waals surface area contributed by atoms with Gasteiger partial charge in [-0.2, -0.15) is 0 Å². The minimum atomic E-state index is 0.322. The maximum atomic E-state index is 5.76. The third-order valence-electron chi connectivity index (χ3n) is 3.22. The number of fused-ring (bicyclic) bond motifs is 2. The third-order valence-corrected chi connectivity index (χ3v) is 3.22. The van der Waals surface area contributed by atoms with Crippen molar-refractivity contribution in [2.45, 2.75) is 37.5 Å². The molecule has 0 aromatic carbocycles. The van der Waals surface area contributed by atoms with Gasteiger partial charge in [0.2, 0.25) is 5.95 Å². The normalized spacial score (nSPS) is 31.3. The number of nitrogens with one attached hydrogen (secondary N) is 1. The van der Waals surface area contributed by atoms with E-state index < -0.39 is 0 Å². The van der Waals surface area contributed by atoms with Gasteiger partial charge in [0.25, 0.3) is 0 Å². The maximum absolute atomic E-state index is 5.76. The van der Waals surface area contributed by atoms with Crippen LogP contribution in [0.2, 0.25) is 0 Å². The summed E-state index contributed by atoms with van der Waals surface area (Å²) in [5, 5.41) is 3.30. The smallest absolute Gasteiger partial charge is 0.224 e. The predicted octanol–water partition coefficient (Wildman–Crippen LogP) is 1.19. The Kier molecular flexibility index (Phi) is 2.26. The van der Waals surface area contributed by atoms with E-state index >= 15 is 0 Å². The number of nitrogens with zero attached hydrogens (tertiary/aromatic N) is 2. The van der Waals surface area contributed by atoms with Crippen molar-refractivity contribution in [3.8, 4) is 12.3 Å². The standard InChI is InChI=1S/C12H13N3O/c1-2-8-5-6-13-12(14-8)15-10-7-9-3-4-11(10)16-9/h1,5-6,9-11H,3-4,7H2,(H,13,14,15). The van der Waals surface area contributed by atoms with Crippen molar-refractivity contribution in [3.05, 3.63) is 18.0 Å². The second-order valence-electron chi connectivity index (χ2n) is 4.27. The van der Waals surface area contributed by atoms with Crippen LogP contribution >= 0.6 is 0 Å². The second-order valence-corrected chi connectivity index (χ2v) is 4.27. The SMILES string of the molecule is C#Cc1ccnc(NC2CC3CCC2O3)n1. The van der Waals surface area contributed by atoms with Crippen molar-refractivity contribution in [2.24, 2.45) is 0 Å². The van der Waals surface area contributed by atoms with Crippen molar-refractivity contribution >= 4 is 5.95 Å². The van der Waals surface area contributed by atoms with E-state index in [-0.39, 0.29) is 0 Å². The zero-order chi connectivity index (χ0) is 11.0. The molecule has 1 aromatic rings. The zero-order valence-electron chi connectivity index (χ0n) is 8.89. The first-order chi connectivity index (χ1) is 7.85. The predicted molar refractivity (Wildman–Crippen MR) is 59.9 cm³/mol. The summed E-state index contributed by atoms with van der Waals surface area (Å²) in [5.41, 5.74) is 0.613. The molecule has 4 nitrogen and oxygen atoms in total. The molecule has 1 aromatic heterocycles. The monoisotopic (exact) mass is 215 g/mol. The molecule has 0 spiro atoms. The van der Waals surface area contributed by atoms with E-state index in [1.165, 1.54) is 6.42 Å². The van der Waals surface area contributed by atoms with Gasteiger partial charge in [-0.05, 0) is 25.3 Å². The first-order valence-electron chi connectivity index (χ1n) is 5.57. The Bertz CT molecular complexity index is 440. The molecule has 2 aliphatic rings. The summed E-state index contributed by atoms with van der Waals surface area (Å²) in [4.78, 5) is 8.39. The maximum Gasteiger partial charge on any atom is 0.224 e. The van der Waals surface area contributed by atoms with Crippen molar-refractivity contribution in [1.82, 2.24) is 9.97 Å². The number of anilines is 1. The molecule has 0 saturated carbocycles. The van der Waals surface area contributed by atoms with Crippen molar-refractivity contribution < 1.29 is 4.74 Å². The Morgan fingerprint density at radius 2 is 2.44 bits per heavy atom. The summed E-state index contributed by atoms with van der Waals surface area (Å²) in [7, 11) is 0. The average molecular weight is 215 g/mol. The van der Waals surface area contributed by atoms with Crippen LogP contribution in [0.5, 0.6) is 0 Å². The van der Waals surface area contributed by atoms with Gasteiger partial charge in [0.05, 0.1) is 18.2 Å². The molecule has 82 valence electrons. The van der Waals surface area contributed by atoms with Gasteiger partial charge in [0, 0.05) is 6.20 Å². The summed E-state index contributed by atoms with van der Waals surface area (Å²) in [6, 6.07) is 2.06. The Morgan fingerprint density at radius 1 is 1.50 bits per heavy atom. The molecule has 2 saturated heterocycles. The van der Waals surface area contributed by atoms with Crippen LogP contribution in [-0.4, -0.2) is 28.2 Å². The van der Waals surface area contributed by atoms with Crippen molar-refractivity contribution in [1.29, 1.82) is 0 Å². The summed E-state index contributed by atoms with van der Waals surface area (Å²) in [5.74, 6) is 3.11. The second kappa shape index (κ2) is 3.76. The highest BCUT2D eigenvalue weighted by atomic mass is 16.5. The molecule has 3 unspecified atom stereocenters. The molecule has 2 aliphatic heterocycles. The molecule has 0 aliphatic carbocycles. The fourth-order valence-corrected chi connectivity index (χ4v) is 2.46. The summed E-state index contributed by atoms with van der Waals surface area (Å²) in [6.07, 6.45) is 11.1. The minimum Gasteiger partial charge on any atom is -0.373 e. The van der Waals surface area contributed by atoms with Crippen LogP contribution in [0.1, 0.15) is 25.0 Å². The van der Waals surface area contributed by atoms with Crippen LogP contribution in [0.4, 0.5) is 5.95 Å². The van der Waals surface area contributed by atoms with Crippen LogP contribution in [-0.2, 0) is 4.74 Å². The van der Waals surface area contributed by atoms with E-state index in [0.717, 1.165) is 12.8 Å². The minimum absolute atomic E-state index is 0.322. The number of ether oxygens (including phenoxy) is 1. The Labute approximate surface area is 94.4 Å². The first-order valence-corrected chi connectivity index (χ1v) is 5.57. The summed E-state index contributed by atoms with van der Waals surface area (Å²) in [6.45, 7) is 0. The van der Waals surface area contributed by atoms with E-state index in [0.29, 0.717) is 29.9 Å². The molecule has 2 bridgehead atoms. The molecular weight excluding hydrogens is 202 g/mol. The lowest BCUT2D eigenvalue weighted by atomic mass is 9.96. The Morgan fingerprint density at radius 3 is 3.12 bits per heavy atom. The van der Waals surface area contributed by atoms with Gasteiger partial charge in [-0.3, -0.25) is 0 Å². The topological polar surface area (TPSA) is 47.0 Å². The largest absolute Gasteiger partial charge is 0.373 e. The number of hydrogen-bond donors (Lipinski definition) is 1. The molecular formula is C12H13N3O. The number of aromatic nitrogens is 2. The van der Waals surface area contributed by atoms with Crippen LogP contribution < -0.4 is 5.32 Å². The first kappa shape index (κ1) is 9.61. The lowest BCUT2D eigenvalue weighted by Crippen LogP contribution is -2.31. The Hall–Kier alpha value is -1.60. The van der Waals surface area contributed by atoms with Crippen molar-refractivity contribution in [2.75, 3.05) is 5.32 Å². The van der Waals surface area contributed by atoms with Crippen LogP contribution in [0.15, 0.2) is 12.3 Å². The molecule has 3 heterocycles. The lowest BCUT2D eigenvalue weighted by molar-refractivity contribution is 0.102. The van der Waals surface area contributed by atoms with E-state index in [1.54, 1.807) is 12.3 Å². The number of hydrogen-bond acceptors (Lipinski definition) is 4. The molecule has 2 fully saturated rings. The zero-order valence-corrected chi connectivity index (χ0v) is 8.89. The molecule has 0 amide bonds. The van der Waals surface area contributed by atoms with E-state index in [2.05, 4.69) is 21.2 Å². The Balaban J connectivity index is 1.72. The quantitative estimate of drug-likeness (QED) is 0.753. The molecule has 4 heteroatoms. The van der Waals surface area contributed by atoms with E-state index in [4.69, 9.17) is 11.2 Å². The molecule has 3 rings (SSSR count). The summed E-state index contributed by atoms with van der Waals surface area (Å²) < 4.78 is 5.76. The average Bonchev–Trinajstić information content (AvgIpc) is 2.91. The van der Waals surface area contributed by atoms with Gasteiger partial charge >= 0.3 is 0 Å². The molecule has 0 radical (unpaired) electrons. The highest BCUT2D eigenvalue weighted by Crippen LogP contribution is 2.35. The van der Waals surface area contributed by atoms with E-state index in [1.807, 2.05) is 0 Å². The molecule has 3 atom stereocenters. The van der Waals surface area contributed by atoms with Gasteiger partial charge in [0.1, 0.15) is 5.69 Å². The van der Waals surface area contributed by atoms with Gasteiger partial charge in [-0.25, -0.2) is 9.97 Å². The van der Waals surface area contributed by atoms with Crippen molar-refractivity contribution in [3.63, 3.8) is 0 Å². The highest BCUT2D eigenvalue weighted by molar-refractivity contribution is 5.33. The highest BCUT2D eigenvalue weighted by Gasteiger charge is 2.40. The van der Waals surface area contributed by atoms with Gasteiger partial charge in [0.15, 0.2) is 0 Å². The molecule has 1 N–H and O–H groups in total. The summed E-state index contributed by atoms with van der Waals surface area (Å²) >= 11 is 0. The van der Waals surface area contributed by atoms with Crippen LogP contribution in [0.3, 0.4) is 0 Å². The lowest BCUT2D eigenvalue weighted by Gasteiger charge is -2.19. The third kappa shape index (κ3) is 1.63. The fraction of sp³-hybridized carbons (Fsp3) is 0.500. The number of rotatable bonds is 2.